The third-order valence-electron chi connectivity index (χ3n) is 5.53. The van der Waals surface area contributed by atoms with Crippen LogP contribution in [0.3, 0.4) is 0 Å². The molecule has 1 aromatic heterocycles. The molecule has 2 N–H and O–H groups in total. The molecule has 152 valence electrons. The standard InChI is InChI=1S/C22H18N2O5S/c1-12-18(13-2-4-14(5-3-13)19(25)26)23-21(30-12)24-20(27)22(8-9-22)15-6-7-16-17(10-15)29-11-28-16/h2-7,10H,8-9,11H2,1H3,(H,25,26)(H,23,24,27). The number of nitrogens with zero attached hydrogens (tertiary/aromatic N) is 1. The molecule has 7 nitrogen and oxygen atoms in total. The van der Waals surface area contributed by atoms with Gasteiger partial charge in [0, 0.05) is 10.4 Å². The van der Waals surface area contributed by atoms with Gasteiger partial charge < -0.3 is 19.9 Å². The number of amides is 1. The van der Waals surface area contributed by atoms with Crippen molar-refractivity contribution in [2.45, 2.75) is 25.2 Å². The van der Waals surface area contributed by atoms with Gasteiger partial charge in [0.05, 0.1) is 16.7 Å². The van der Waals surface area contributed by atoms with E-state index in [2.05, 4.69) is 10.3 Å². The zero-order valence-corrected chi connectivity index (χ0v) is 16.9. The Labute approximate surface area is 176 Å². The normalized spacial score (nSPS) is 15.6. The predicted molar refractivity (Wildman–Crippen MR) is 111 cm³/mol. The van der Waals surface area contributed by atoms with Gasteiger partial charge in [0.1, 0.15) is 0 Å². The van der Waals surface area contributed by atoms with Crippen LogP contribution in [0.4, 0.5) is 5.13 Å². The molecule has 1 fully saturated rings. The fourth-order valence-corrected chi connectivity index (χ4v) is 4.50. The number of hydrogen-bond donors (Lipinski definition) is 2. The van der Waals surface area contributed by atoms with E-state index in [9.17, 15) is 9.59 Å². The summed E-state index contributed by atoms with van der Waals surface area (Å²) in [4.78, 5) is 29.7. The fourth-order valence-electron chi connectivity index (χ4n) is 3.67. The van der Waals surface area contributed by atoms with Gasteiger partial charge in [-0.15, -0.1) is 11.3 Å². The van der Waals surface area contributed by atoms with Crippen molar-refractivity contribution in [2.24, 2.45) is 0 Å². The van der Waals surface area contributed by atoms with Crippen LogP contribution in [-0.4, -0.2) is 28.8 Å². The highest BCUT2D eigenvalue weighted by Crippen LogP contribution is 2.51. The summed E-state index contributed by atoms with van der Waals surface area (Å²) >= 11 is 1.40. The molecule has 0 bridgehead atoms. The zero-order chi connectivity index (χ0) is 20.9. The van der Waals surface area contributed by atoms with Gasteiger partial charge in [-0.1, -0.05) is 18.2 Å². The van der Waals surface area contributed by atoms with Crippen LogP contribution in [0.2, 0.25) is 0 Å². The Morgan fingerprint density at radius 2 is 1.83 bits per heavy atom. The number of hydrogen-bond acceptors (Lipinski definition) is 6. The highest BCUT2D eigenvalue weighted by Gasteiger charge is 2.52. The smallest absolute Gasteiger partial charge is 0.335 e. The lowest BCUT2D eigenvalue weighted by molar-refractivity contribution is -0.118. The Bertz CT molecular complexity index is 1160. The molecule has 1 saturated carbocycles. The molecule has 2 aliphatic rings. The van der Waals surface area contributed by atoms with E-state index in [0.717, 1.165) is 34.5 Å². The van der Waals surface area contributed by atoms with E-state index in [1.165, 1.54) is 11.3 Å². The number of ether oxygens (including phenoxy) is 2. The van der Waals surface area contributed by atoms with Gasteiger partial charge in [-0.05, 0) is 49.6 Å². The van der Waals surface area contributed by atoms with Crippen molar-refractivity contribution >= 4 is 28.3 Å². The summed E-state index contributed by atoms with van der Waals surface area (Å²) in [6, 6.07) is 12.2. The van der Waals surface area contributed by atoms with E-state index in [1.807, 2.05) is 25.1 Å². The van der Waals surface area contributed by atoms with Gasteiger partial charge in [0.25, 0.3) is 0 Å². The maximum atomic E-state index is 13.1. The van der Waals surface area contributed by atoms with Gasteiger partial charge in [0.15, 0.2) is 16.6 Å². The van der Waals surface area contributed by atoms with Crippen molar-refractivity contribution in [3.05, 3.63) is 58.5 Å². The van der Waals surface area contributed by atoms with Crippen molar-refractivity contribution in [2.75, 3.05) is 12.1 Å². The first-order valence-electron chi connectivity index (χ1n) is 9.49. The average Bonchev–Trinajstić information content (AvgIpc) is 3.28. The molecular formula is C22H18N2O5S. The van der Waals surface area contributed by atoms with E-state index in [-0.39, 0.29) is 18.3 Å². The molecule has 0 atom stereocenters. The van der Waals surface area contributed by atoms with Crippen LogP contribution >= 0.6 is 11.3 Å². The second-order valence-corrected chi connectivity index (χ2v) is 8.61. The predicted octanol–water partition coefficient (Wildman–Crippen LogP) is 4.22. The number of carbonyl (C=O) groups is 2. The topological polar surface area (TPSA) is 97.8 Å². The molecule has 0 radical (unpaired) electrons. The Kier molecular flexibility index (Phi) is 4.25. The van der Waals surface area contributed by atoms with Crippen LogP contribution in [-0.2, 0) is 10.2 Å². The van der Waals surface area contributed by atoms with Crippen LogP contribution in [0.15, 0.2) is 42.5 Å². The molecule has 2 aromatic carbocycles. The van der Waals surface area contributed by atoms with Gasteiger partial charge >= 0.3 is 5.97 Å². The number of aryl methyl sites for hydroxylation is 1. The summed E-state index contributed by atoms with van der Waals surface area (Å²) in [5.74, 6) is 0.318. The molecular weight excluding hydrogens is 404 g/mol. The van der Waals surface area contributed by atoms with E-state index in [0.29, 0.717) is 16.6 Å². The van der Waals surface area contributed by atoms with Crippen molar-refractivity contribution in [1.82, 2.24) is 4.98 Å². The second-order valence-electron chi connectivity index (χ2n) is 7.41. The van der Waals surface area contributed by atoms with Crippen LogP contribution in [0.1, 0.15) is 33.6 Å². The van der Waals surface area contributed by atoms with Crippen LogP contribution in [0.5, 0.6) is 11.5 Å². The second kappa shape index (κ2) is 6.84. The van der Waals surface area contributed by atoms with E-state index in [1.54, 1.807) is 24.3 Å². The van der Waals surface area contributed by atoms with Crippen molar-refractivity contribution in [1.29, 1.82) is 0 Å². The average molecular weight is 422 g/mol. The first kappa shape index (κ1) is 18.6. The maximum Gasteiger partial charge on any atom is 0.335 e. The third kappa shape index (κ3) is 3.09. The highest BCUT2D eigenvalue weighted by atomic mass is 32.1. The van der Waals surface area contributed by atoms with Crippen molar-refractivity contribution < 1.29 is 24.2 Å². The van der Waals surface area contributed by atoms with Gasteiger partial charge in [-0.3, -0.25) is 4.79 Å². The number of aromatic carboxylic acids is 1. The van der Waals surface area contributed by atoms with E-state index >= 15 is 0 Å². The Morgan fingerprint density at radius 3 is 2.53 bits per heavy atom. The van der Waals surface area contributed by atoms with Crippen LogP contribution in [0, 0.1) is 6.92 Å². The number of fused-ring (bicyclic) bond motifs is 1. The lowest BCUT2D eigenvalue weighted by Gasteiger charge is -2.15. The van der Waals surface area contributed by atoms with Gasteiger partial charge in [0.2, 0.25) is 12.7 Å². The van der Waals surface area contributed by atoms with Crippen LogP contribution < -0.4 is 14.8 Å². The first-order chi connectivity index (χ1) is 14.5. The summed E-state index contributed by atoms with van der Waals surface area (Å²) in [5.41, 5.74) is 2.12. The molecule has 1 amide bonds. The maximum absolute atomic E-state index is 13.1. The van der Waals surface area contributed by atoms with Crippen LogP contribution in [0.25, 0.3) is 11.3 Å². The molecule has 1 aliphatic carbocycles. The minimum atomic E-state index is -0.970. The fraction of sp³-hybridized carbons (Fsp3) is 0.227. The van der Waals surface area contributed by atoms with E-state index < -0.39 is 11.4 Å². The number of nitrogens with one attached hydrogen (secondary N) is 1. The first-order valence-corrected chi connectivity index (χ1v) is 10.3. The Balaban J connectivity index is 1.37. The number of aromatic nitrogens is 1. The minimum absolute atomic E-state index is 0.0807. The Hall–Kier alpha value is -3.39. The molecule has 1 aliphatic heterocycles. The third-order valence-corrected chi connectivity index (χ3v) is 6.42. The number of carbonyl (C=O) groups excluding carboxylic acids is 1. The zero-order valence-electron chi connectivity index (χ0n) is 16.1. The lowest BCUT2D eigenvalue weighted by Crippen LogP contribution is -2.27. The molecule has 2 heterocycles. The number of anilines is 1. The molecule has 0 unspecified atom stereocenters. The number of carboxylic acid groups (broad SMARTS) is 1. The summed E-state index contributed by atoms with van der Waals surface area (Å²) in [7, 11) is 0. The molecule has 5 rings (SSSR count). The number of thiazole rings is 1. The molecule has 0 saturated heterocycles. The quantitative estimate of drug-likeness (QED) is 0.639. The molecule has 30 heavy (non-hydrogen) atoms. The summed E-state index contributed by atoms with van der Waals surface area (Å²) in [6.45, 7) is 2.13. The highest BCUT2D eigenvalue weighted by molar-refractivity contribution is 7.16. The molecule has 0 spiro atoms. The summed E-state index contributed by atoms with van der Waals surface area (Å²) in [5, 5.41) is 12.6. The lowest BCUT2D eigenvalue weighted by atomic mass is 9.94. The molecule has 3 aromatic rings. The monoisotopic (exact) mass is 422 g/mol. The van der Waals surface area contributed by atoms with Crippen molar-refractivity contribution in [3.63, 3.8) is 0 Å². The van der Waals surface area contributed by atoms with E-state index in [4.69, 9.17) is 14.6 Å². The number of rotatable bonds is 5. The Morgan fingerprint density at radius 1 is 1.10 bits per heavy atom. The number of carboxylic acids is 1. The van der Waals surface area contributed by atoms with Gasteiger partial charge in [-0.25, -0.2) is 9.78 Å². The molecule has 8 heteroatoms. The van der Waals surface area contributed by atoms with Gasteiger partial charge in [-0.2, -0.15) is 0 Å². The summed E-state index contributed by atoms with van der Waals surface area (Å²) < 4.78 is 10.8. The SMILES string of the molecule is Cc1sc(NC(=O)C2(c3ccc4c(c3)OCO4)CC2)nc1-c1ccc(C(=O)O)cc1. The van der Waals surface area contributed by atoms with Crippen molar-refractivity contribution in [3.8, 4) is 22.8 Å². The number of benzene rings is 2. The largest absolute Gasteiger partial charge is 0.478 e. The minimum Gasteiger partial charge on any atom is -0.478 e. The summed E-state index contributed by atoms with van der Waals surface area (Å²) in [6.07, 6.45) is 1.54.